The van der Waals surface area contributed by atoms with Crippen molar-refractivity contribution in [3.8, 4) is 0 Å². The SMILES string of the molecule is CCCCC(NCC(N)=O)c1ccc(F)cc1. The molecule has 0 spiro atoms. The molecule has 0 heterocycles. The highest BCUT2D eigenvalue weighted by molar-refractivity contribution is 5.75. The fraction of sp³-hybridized carbons (Fsp3) is 0.462. The van der Waals surface area contributed by atoms with Crippen LogP contribution in [0.4, 0.5) is 4.39 Å². The minimum atomic E-state index is -0.381. The van der Waals surface area contributed by atoms with Crippen molar-refractivity contribution in [3.63, 3.8) is 0 Å². The molecule has 0 fully saturated rings. The van der Waals surface area contributed by atoms with Crippen LogP contribution in [0.15, 0.2) is 24.3 Å². The molecule has 1 aromatic rings. The van der Waals surface area contributed by atoms with Gasteiger partial charge in [-0.05, 0) is 24.1 Å². The van der Waals surface area contributed by atoms with Gasteiger partial charge in [0.05, 0.1) is 6.54 Å². The lowest BCUT2D eigenvalue weighted by atomic mass is 10.0. The number of carbonyl (C=O) groups excluding carboxylic acids is 1. The minimum Gasteiger partial charge on any atom is -0.369 e. The van der Waals surface area contributed by atoms with Crippen LogP contribution < -0.4 is 11.1 Å². The summed E-state index contributed by atoms with van der Waals surface area (Å²) in [6.45, 7) is 2.25. The summed E-state index contributed by atoms with van der Waals surface area (Å²) in [6.07, 6.45) is 3.04. The maximum absolute atomic E-state index is 12.8. The Morgan fingerprint density at radius 2 is 2.06 bits per heavy atom. The lowest BCUT2D eigenvalue weighted by Crippen LogP contribution is -2.31. The van der Waals surface area contributed by atoms with Crippen LogP contribution in [0.2, 0.25) is 0 Å². The second-order valence-corrected chi connectivity index (χ2v) is 4.09. The van der Waals surface area contributed by atoms with Crippen LogP contribution in [0.1, 0.15) is 37.8 Å². The maximum atomic E-state index is 12.8. The average Bonchev–Trinajstić information content (AvgIpc) is 2.30. The molecular weight excluding hydrogens is 219 g/mol. The van der Waals surface area contributed by atoms with E-state index < -0.39 is 0 Å². The number of benzene rings is 1. The summed E-state index contributed by atoms with van der Waals surface area (Å²) in [5, 5.41) is 3.09. The average molecular weight is 238 g/mol. The highest BCUT2D eigenvalue weighted by Gasteiger charge is 2.11. The molecule has 0 radical (unpaired) electrons. The summed E-state index contributed by atoms with van der Waals surface area (Å²) in [6, 6.07) is 6.40. The topological polar surface area (TPSA) is 55.1 Å². The summed E-state index contributed by atoms with van der Waals surface area (Å²) in [7, 11) is 0. The molecule has 0 aliphatic rings. The zero-order chi connectivity index (χ0) is 12.7. The standard InChI is InChI=1S/C13H19FN2O/c1-2-3-4-12(16-9-13(15)17)10-5-7-11(14)8-6-10/h5-8,12,16H,2-4,9H2,1H3,(H2,15,17). The third kappa shape index (κ3) is 4.95. The molecule has 0 aromatic heterocycles. The third-order valence-electron chi connectivity index (χ3n) is 2.64. The van der Waals surface area contributed by atoms with Crippen molar-refractivity contribution >= 4 is 5.91 Å². The van der Waals surface area contributed by atoms with E-state index in [4.69, 9.17) is 5.73 Å². The quantitative estimate of drug-likeness (QED) is 0.764. The van der Waals surface area contributed by atoms with Gasteiger partial charge < -0.3 is 11.1 Å². The number of carbonyl (C=O) groups is 1. The van der Waals surface area contributed by atoms with E-state index in [9.17, 15) is 9.18 Å². The Morgan fingerprint density at radius 3 is 2.59 bits per heavy atom. The number of halogens is 1. The summed E-state index contributed by atoms with van der Waals surface area (Å²) in [5.41, 5.74) is 6.10. The van der Waals surface area contributed by atoms with Crippen LogP contribution in [-0.4, -0.2) is 12.5 Å². The molecule has 1 aromatic carbocycles. The smallest absolute Gasteiger partial charge is 0.231 e. The number of nitrogens with two attached hydrogens (primary N) is 1. The van der Waals surface area contributed by atoms with E-state index in [0.29, 0.717) is 0 Å². The van der Waals surface area contributed by atoms with Crippen molar-refractivity contribution in [2.45, 2.75) is 32.2 Å². The molecule has 1 atom stereocenters. The molecular formula is C13H19FN2O. The van der Waals surface area contributed by atoms with Crippen molar-refractivity contribution in [1.82, 2.24) is 5.32 Å². The predicted octanol–water partition coefficient (Wildman–Crippen LogP) is 2.13. The number of hydrogen-bond acceptors (Lipinski definition) is 2. The van der Waals surface area contributed by atoms with Gasteiger partial charge in [0.1, 0.15) is 5.82 Å². The van der Waals surface area contributed by atoms with Crippen molar-refractivity contribution < 1.29 is 9.18 Å². The molecule has 94 valence electrons. The molecule has 3 nitrogen and oxygen atoms in total. The second-order valence-electron chi connectivity index (χ2n) is 4.09. The fourth-order valence-corrected chi connectivity index (χ4v) is 1.71. The predicted molar refractivity (Wildman–Crippen MR) is 65.9 cm³/mol. The van der Waals surface area contributed by atoms with Crippen LogP contribution >= 0.6 is 0 Å². The Hall–Kier alpha value is -1.42. The van der Waals surface area contributed by atoms with Gasteiger partial charge in [-0.1, -0.05) is 31.9 Å². The van der Waals surface area contributed by atoms with E-state index in [1.165, 1.54) is 12.1 Å². The lowest BCUT2D eigenvalue weighted by Gasteiger charge is -2.18. The molecule has 0 aliphatic heterocycles. The Labute approximate surface area is 101 Å². The first kappa shape index (κ1) is 13.6. The van der Waals surface area contributed by atoms with E-state index in [0.717, 1.165) is 24.8 Å². The molecule has 0 saturated heterocycles. The normalized spacial score (nSPS) is 12.4. The van der Waals surface area contributed by atoms with Gasteiger partial charge in [0.25, 0.3) is 0 Å². The van der Waals surface area contributed by atoms with Gasteiger partial charge in [0.15, 0.2) is 0 Å². The van der Waals surface area contributed by atoms with E-state index in [-0.39, 0.29) is 24.3 Å². The molecule has 17 heavy (non-hydrogen) atoms. The van der Waals surface area contributed by atoms with Gasteiger partial charge in [-0.2, -0.15) is 0 Å². The number of hydrogen-bond donors (Lipinski definition) is 2. The first-order chi connectivity index (χ1) is 8.13. The molecule has 1 unspecified atom stereocenters. The Kier molecular flexibility index (Phi) is 5.63. The van der Waals surface area contributed by atoms with Crippen molar-refractivity contribution in [2.75, 3.05) is 6.54 Å². The number of amides is 1. The number of unbranched alkanes of at least 4 members (excludes halogenated alkanes) is 1. The maximum Gasteiger partial charge on any atom is 0.231 e. The zero-order valence-corrected chi connectivity index (χ0v) is 10.1. The van der Waals surface area contributed by atoms with Gasteiger partial charge >= 0.3 is 0 Å². The highest BCUT2D eigenvalue weighted by atomic mass is 19.1. The molecule has 0 saturated carbocycles. The van der Waals surface area contributed by atoms with Crippen LogP contribution in [0.5, 0.6) is 0 Å². The second kappa shape index (κ2) is 7.01. The summed E-state index contributed by atoms with van der Waals surface area (Å²) < 4.78 is 12.8. The van der Waals surface area contributed by atoms with Crippen LogP contribution in [0.25, 0.3) is 0 Å². The van der Waals surface area contributed by atoms with Crippen LogP contribution in [-0.2, 0) is 4.79 Å². The summed E-state index contributed by atoms with van der Waals surface area (Å²) >= 11 is 0. The van der Waals surface area contributed by atoms with E-state index in [1.54, 1.807) is 12.1 Å². The first-order valence-electron chi connectivity index (χ1n) is 5.90. The highest BCUT2D eigenvalue weighted by Crippen LogP contribution is 2.19. The largest absolute Gasteiger partial charge is 0.369 e. The molecule has 1 amide bonds. The van der Waals surface area contributed by atoms with E-state index in [1.807, 2.05) is 0 Å². The Morgan fingerprint density at radius 1 is 1.41 bits per heavy atom. The fourth-order valence-electron chi connectivity index (χ4n) is 1.71. The van der Waals surface area contributed by atoms with Gasteiger partial charge in [0.2, 0.25) is 5.91 Å². The number of rotatable bonds is 7. The summed E-state index contributed by atoms with van der Waals surface area (Å²) in [4.78, 5) is 10.8. The van der Waals surface area contributed by atoms with Crippen molar-refractivity contribution in [2.24, 2.45) is 5.73 Å². The van der Waals surface area contributed by atoms with E-state index in [2.05, 4.69) is 12.2 Å². The zero-order valence-electron chi connectivity index (χ0n) is 10.1. The monoisotopic (exact) mass is 238 g/mol. The molecule has 0 aliphatic carbocycles. The summed E-state index contributed by atoms with van der Waals surface area (Å²) in [5.74, 6) is -0.633. The Bertz CT molecular complexity index is 351. The number of primary amides is 1. The van der Waals surface area contributed by atoms with Gasteiger partial charge in [-0.15, -0.1) is 0 Å². The number of nitrogens with one attached hydrogen (secondary N) is 1. The lowest BCUT2D eigenvalue weighted by molar-refractivity contribution is -0.117. The van der Waals surface area contributed by atoms with Crippen molar-refractivity contribution in [1.29, 1.82) is 0 Å². The van der Waals surface area contributed by atoms with Crippen LogP contribution in [0.3, 0.4) is 0 Å². The third-order valence-corrected chi connectivity index (χ3v) is 2.64. The Balaban J connectivity index is 2.67. The van der Waals surface area contributed by atoms with Gasteiger partial charge in [-0.3, -0.25) is 4.79 Å². The van der Waals surface area contributed by atoms with Crippen LogP contribution in [0, 0.1) is 5.82 Å². The molecule has 0 bridgehead atoms. The van der Waals surface area contributed by atoms with E-state index >= 15 is 0 Å². The van der Waals surface area contributed by atoms with Crippen molar-refractivity contribution in [3.05, 3.63) is 35.6 Å². The molecule has 4 heteroatoms. The minimum absolute atomic E-state index is 0.0584. The molecule has 1 rings (SSSR count). The molecule has 3 N–H and O–H groups in total. The van der Waals surface area contributed by atoms with Gasteiger partial charge in [-0.25, -0.2) is 4.39 Å². The first-order valence-corrected chi connectivity index (χ1v) is 5.90. The van der Waals surface area contributed by atoms with Gasteiger partial charge in [0, 0.05) is 6.04 Å².